The molecule has 2 nitrogen and oxygen atoms in total. The van der Waals surface area contributed by atoms with E-state index in [2.05, 4.69) is 45.0 Å². The highest BCUT2D eigenvalue weighted by molar-refractivity contribution is 5.45. The molecule has 0 saturated heterocycles. The first-order valence-electron chi connectivity index (χ1n) is 7.61. The molecule has 0 fully saturated rings. The first kappa shape index (κ1) is 15.4. The van der Waals surface area contributed by atoms with Gasteiger partial charge in [0.15, 0.2) is 0 Å². The molecule has 0 radical (unpaired) electrons. The van der Waals surface area contributed by atoms with Gasteiger partial charge in [0.2, 0.25) is 0 Å². The van der Waals surface area contributed by atoms with E-state index in [0.29, 0.717) is 6.61 Å². The Bertz CT molecular complexity index is 561. The highest BCUT2D eigenvalue weighted by Gasteiger charge is 2.07. The molecule has 2 aromatic rings. The summed E-state index contributed by atoms with van der Waals surface area (Å²) in [5.74, 6) is 1.90. The van der Waals surface area contributed by atoms with Crippen LogP contribution in [0.2, 0.25) is 0 Å². The van der Waals surface area contributed by atoms with Crippen molar-refractivity contribution in [2.45, 2.75) is 40.2 Å². The van der Waals surface area contributed by atoms with Crippen molar-refractivity contribution in [1.29, 1.82) is 0 Å². The molecule has 112 valence electrons. The minimum Gasteiger partial charge on any atom is -0.493 e. The first-order valence-corrected chi connectivity index (χ1v) is 7.61. The quantitative estimate of drug-likeness (QED) is 0.661. The third-order valence-corrected chi connectivity index (χ3v) is 3.47. The van der Waals surface area contributed by atoms with Crippen LogP contribution in [-0.2, 0) is 6.61 Å². The van der Waals surface area contributed by atoms with Crippen LogP contribution in [0.25, 0.3) is 0 Å². The highest BCUT2D eigenvalue weighted by Crippen LogP contribution is 2.28. The zero-order chi connectivity index (χ0) is 15.1. The molecule has 0 aliphatic heterocycles. The van der Waals surface area contributed by atoms with E-state index >= 15 is 0 Å². The third-order valence-electron chi connectivity index (χ3n) is 3.47. The van der Waals surface area contributed by atoms with E-state index in [1.165, 1.54) is 5.56 Å². The van der Waals surface area contributed by atoms with Gasteiger partial charge in [-0.25, -0.2) is 0 Å². The lowest BCUT2D eigenvalue weighted by molar-refractivity contribution is 0.295. The molecule has 21 heavy (non-hydrogen) atoms. The van der Waals surface area contributed by atoms with Crippen molar-refractivity contribution < 1.29 is 9.47 Å². The van der Waals surface area contributed by atoms with Gasteiger partial charge in [-0.15, -0.1) is 0 Å². The summed E-state index contributed by atoms with van der Waals surface area (Å²) in [5.41, 5.74) is 3.42. The van der Waals surface area contributed by atoms with Gasteiger partial charge < -0.3 is 9.47 Å². The van der Waals surface area contributed by atoms with Gasteiger partial charge in [-0.3, -0.25) is 0 Å². The zero-order valence-electron chi connectivity index (χ0n) is 13.2. The van der Waals surface area contributed by atoms with Crippen LogP contribution in [0.1, 0.15) is 36.5 Å². The van der Waals surface area contributed by atoms with Gasteiger partial charge in [-0.05, 0) is 49.1 Å². The molecule has 0 bridgehead atoms. The first-order chi connectivity index (χ1) is 10.2. The lowest BCUT2D eigenvalue weighted by Crippen LogP contribution is -2.01. The normalized spacial score (nSPS) is 10.4. The topological polar surface area (TPSA) is 18.5 Å². The van der Waals surface area contributed by atoms with Gasteiger partial charge in [0, 0.05) is 0 Å². The maximum atomic E-state index is 5.93. The number of hydrogen-bond acceptors (Lipinski definition) is 2. The van der Waals surface area contributed by atoms with Gasteiger partial charge in [0.25, 0.3) is 0 Å². The summed E-state index contributed by atoms with van der Waals surface area (Å²) >= 11 is 0. The Hall–Kier alpha value is -1.96. The average Bonchev–Trinajstić information content (AvgIpc) is 2.50. The molecule has 0 spiro atoms. The van der Waals surface area contributed by atoms with E-state index in [0.717, 1.165) is 42.1 Å². The SMILES string of the molecule is CCCCOc1cc(C)c(OCc2ccccc2)cc1C. The van der Waals surface area contributed by atoms with Gasteiger partial charge in [0.1, 0.15) is 18.1 Å². The van der Waals surface area contributed by atoms with Crippen LogP contribution in [0, 0.1) is 13.8 Å². The summed E-state index contributed by atoms with van der Waals surface area (Å²) < 4.78 is 11.7. The van der Waals surface area contributed by atoms with E-state index in [1.54, 1.807) is 0 Å². The molecule has 0 amide bonds. The van der Waals surface area contributed by atoms with E-state index in [-0.39, 0.29) is 0 Å². The monoisotopic (exact) mass is 284 g/mol. The van der Waals surface area contributed by atoms with Crippen LogP contribution in [0.3, 0.4) is 0 Å². The van der Waals surface area contributed by atoms with Crippen LogP contribution in [0.5, 0.6) is 11.5 Å². The van der Waals surface area contributed by atoms with E-state index < -0.39 is 0 Å². The molecule has 0 heterocycles. The molecular weight excluding hydrogens is 260 g/mol. The Morgan fingerprint density at radius 2 is 1.48 bits per heavy atom. The fraction of sp³-hybridized carbons (Fsp3) is 0.368. The van der Waals surface area contributed by atoms with Crippen LogP contribution in [0.4, 0.5) is 0 Å². The molecule has 2 aromatic carbocycles. The Kier molecular flexibility index (Phi) is 5.68. The largest absolute Gasteiger partial charge is 0.493 e. The highest BCUT2D eigenvalue weighted by atomic mass is 16.5. The van der Waals surface area contributed by atoms with Crippen LogP contribution < -0.4 is 9.47 Å². The predicted octanol–water partition coefficient (Wildman–Crippen LogP) is 5.06. The zero-order valence-corrected chi connectivity index (χ0v) is 13.2. The van der Waals surface area contributed by atoms with Crippen molar-refractivity contribution in [3.63, 3.8) is 0 Å². The van der Waals surface area contributed by atoms with Gasteiger partial charge in [-0.2, -0.15) is 0 Å². The number of benzene rings is 2. The standard InChI is InChI=1S/C19H24O2/c1-4-5-11-20-18-12-16(3)19(13-15(18)2)21-14-17-9-7-6-8-10-17/h6-10,12-13H,4-5,11,14H2,1-3H3. The molecule has 2 rings (SSSR count). The van der Waals surface area contributed by atoms with Crippen molar-refractivity contribution >= 4 is 0 Å². The Morgan fingerprint density at radius 1 is 0.857 bits per heavy atom. The van der Waals surface area contributed by atoms with Crippen molar-refractivity contribution in [2.24, 2.45) is 0 Å². The summed E-state index contributed by atoms with van der Waals surface area (Å²) in [6.45, 7) is 7.67. The van der Waals surface area contributed by atoms with Crippen LogP contribution in [0.15, 0.2) is 42.5 Å². The second-order valence-corrected chi connectivity index (χ2v) is 5.36. The van der Waals surface area contributed by atoms with Crippen LogP contribution >= 0.6 is 0 Å². The minimum atomic E-state index is 0.594. The number of hydrogen-bond donors (Lipinski definition) is 0. The molecular formula is C19H24O2. The third kappa shape index (κ3) is 4.52. The van der Waals surface area contributed by atoms with E-state index in [1.807, 2.05) is 18.2 Å². The minimum absolute atomic E-state index is 0.594. The van der Waals surface area contributed by atoms with E-state index in [9.17, 15) is 0 Å². The fourth-order valence-corrected chi connectivity index (χ4v) is 2.14. The van der Waals surface area contributed by atoms with Crippen molar-refractivity contribution in [1.82, 2.24) is 0 Å². The number of unbranched alkanes of at least 4 members (excludes halogenated alkanes) is 1. The van der Waals surface area contributed by atoms with Crippen molar-refractivity contribution in [2.75, 3.05) is 6.61 Å². The predicted molar refractivity (Wildman–Crippen MR) is 87.1 cm³/mol. The van der Waals surface area contributed by atoms with Crippen molar-refractivity contribution in [3.8, 4) is 11.5 Å². The molecule has 2 heteroatoms. The summed E-state index contributed by atoms with van der Waals surface area (Å²) in [7, 11) is 0. The molecule has 0 N–H and O–H groups in total. The summed E-state index contributed by atoms with van der Waals surface area (Å²) in [4.78, 5) is 0. The van der Waals surface area contributed by atoms with Gasteiger partial charge in [0.05, 0.1) is 6.61 Å². The molecule has 0 saturated carbocycles. The summed E-state index contributed by atoms with van der Waals surface area (Å²) in [6.07, 6.45) is 2.24. The maximum absolute atomic E-state index is 5.93. The Labute approximate surface area is 127 Å². The Balaban J connectivity index is 2.02. The lowest BCUT2D eigenvalue weighted by atomic mass is 10.1. The van der Waals surface area contributed by atoms with Crippen LogP contribution in [-0.4, -0.2) is 6.61 Å². The fourth-order valence-electron chi connectivity index (χ4n) is 2.14. The molecule has 0 aromatic heterocycles. The maximum Gasteiger partial charge on any atom is 0.123 e. The summed E-state index contributed by atoms with van der Waals surface area (Å²) in [6, 6.07) is 14.4. The number of rotatable bonds is 7. The second-order valence-electron chi connectivity index (χ2n) is 5.36. The van der Waals surface area contributed by atoms with Gasteiger partial charge >= 0.3 is 0 Å². The number of ether oxygens (including phenoxy) is 2. The Morgan fingerprint density at radius 3 is 2.10 bits per heavy atom. The smallest absolute Gasteiger partial charge is 0.123 e. The molecule has 0 aliphatic rings. The van der Waals surface area contributed by atoms with E-state index in [4.69, 9.17) is 9.47 Å². The van der Waals surface area contributed by atoms with Crippen molar-refractivity contribution in [3.05, 3.63) is 59.2 Å². The number of aryl methyl sites for hydroxylation is 2. The summed E-state index contributed by atoms with van der Waals surface area (Å²) in [5, 5.41) is 0. The van der Waals surface area contributed by atoms with Gasteiger partial charge in [-0.1, -0.05) is 43.7 Å². The average molecular weight is 284 g/mol. The lowest BCUT2D eigenvalue weighted by Gasteiger charge is -2.14. The molecule has 0 aliphatic carbocycles. The second kappa shape index (κ2) is 7.72. The molecule has 0 unspecified atom stereocenters. The molecule has 0 atom stereocenters.